The summed E-state index contributed by atoms with van der Waals surface area (Å²) in [5, 5.41) is 11.3. The van der Waals surface area contributed by atoms with Crippen LogP contribution in [0.4, 0.5) is 0 Å². The lowest BCUT2D eigenvalue weighted by Crippen LogP contribution is -2.35. The lowest BCUT2D eigenvalue weighted by atomic mass is 9.92. The molecule has 2 aromatic rings. The van der Waals surface area contributed by atoms with Gasteiger partial charge in [0.05, 0.1) is 11.6 Å². The third-order valence-corrected chi connectivity index (χ3v) is 6.42. The average Bonchev–Trinajstić information content (AvgIpc) is 3.27. The first-order valence-electron chi connectivity index (χ1n) is 11.5. The van der Waals surface area contributed by atoms with Crippen molar-refractivity contribution in [1.82, 2.24) is 9.80 Å². The number of aliphatic hydroxyl groups excluding tert-OH is 1. The van der Waals surface area contributed by atoms with Crippen molar-refractivity contribution >= 4 is 17.4 Å². The number of Topliss-reactive ketones (excluding diaryl/α,β-unsaturated/α-hetero) is 1. The van der Waals surface area contributed by atoms with Gasteiger partial charge in [0.2, 0.25) is 0 Å². The highest BCUT2D eigenvalue weighted by Crippen LogP contribution is 2.40. The van der Waals surface area contributed by atoms with Crippen LogP contribution in [0, 0.1) is 0 Å². The Morgan fingerprint density at radius 1 is 1.15 bits per heavy atom. The molecule has 0 spiro atoms. The maximum Gasteiger partial charge on any atom is 0.295 e. The predicted molar refractivity (Wildman–Crippen MR) is 128 cm³/mol. The number of rotatable bonds is 6. The molecule has 1 amide bonds. The molecule has 0 saturated carbocycles. The Bertz CT molecular complexity index is 1100. The summed E-state index contributed by atoms with van der Waals surface area (Å²) in [6.45, 7) is 7.24. The zero-order valence-corrected chi connectivity index (χ0v) is 20.0. The SMILES string of the molecule is CC1Cc2cc(/C(O)=C3/C(=O)C(=O)N(CCN(C)C)C3c3ccc(C(C)C)cc3)ccc2O1. The Morgan fingerprint density at radius 2 is 1.85 bits per heavy atom. The van der Waals surface area contributed by atoms with Gasteiger partial charge in [0.1, 0.15) is 17.6 Å². The number of likely N-dealkylation sites (N-methyl/N-ethyl adjacent to an activating group) is 1. The summed E-state index contributed by atoms with van der Waals surface area (Å²) >= 11 is 0. The number of carbonyl (C=O) groups is 2. The van der Waals surface area contributed by atoms with Crippen LogP contribution in [0.15, 0.2) is 48.0 Å². The van der Waals surface area contributed by atoms with Crippen molar-refractivity contribution in [3.8, 4) is 5.75 Å². The van der Waals surface area contributed by atoms with E-state index in [1.807, 2.05) is 62.3 Å². The van der Waals surface area contributed by atoms with Crippen LogP contribution in [0.2, 0.25) is 0 Å². The number of likely N-dealkylation sites (tertiary alicyclic amines) is 1. The van der Waals surface area contributed by atoms with Gasteiger partial charge in [-0.15, -0.1) is 0 Å². The minimum Gasteiger partial charge on any atom is -0.507 e. The van der Waals surface area contributed by atoms with Gasteiger partial charge >= 0.3 is 0 Å². The standard InChI is InChI=1S/C27H32N2O4/c1-16(2)18-6-8-19(9-7-18)24-23(26(31)27(32)29(24)13-12-28(4)5)25(30)20-10-11-22-21(15-20)14-17(3)33-22/h6-11,15-17,24,30H,12-14H2,1-5H3/b25-23-. The van der Waals surface area contributed by atoms with E-state index in [0.29, 0.717) is 24.6 Å². The predicted octanol–water partition coefficient (Wildman–Crippen LogP) is 4.12. The summed E-state index contributed by atoms with van der Waals surface area (Å²) in [5.74, 6) is -0.189. The minimum absolute atomic E-state index is 0.0773. The Labute approximate surface area is 195 Å². The summed E-state index contributed by atoms with van der Waals surface area (Å²) in [6, 6.07) is 12.8. The number of aliphatic hydroxyl groups is 1. The van der Waals surface area contributed by atoms with Crippen LogP contribution in [-0.4, -0.2) is 59.9 Å². The molecule has 1 N–H and O–H groups in total. The van der Waals surface area contributed by atoms with Gasteiger partial charge in [-0.3, -0.25) is 9.59 Å². The lowest BCUT2D eigenvalue weighted by molar-refractivity contribution is -0.140. The van der Waals surface area contributed by atoms with E-state index in [2.05, 4.69) is 13.8 Å². The summed E-state index contributed by atoms with van der Waals surface area (Å²) in [6.07, 6.45) is 0.821. The molecule has 2 aliphatic rings. The molecule has 2 heterocycles. The molecule has 1 fully saturated rings. The molecule has 2 atom stereocenters. The molecule has 1 saturated heterocycles. The monoisotopic (exact) mass is 448 g/mol. The van der Waals surface area contributed by atoms with Gasteiger partial charge in [-0.1, -0.05) is 38.1 Å². The van der Waals surface area contributed by atoms with Crippen LogP contribution in [0.5, 0.6) is 5.75 Å². The van der Waals surface area contributed by atoms with Crippen molar-refractivity contribution in [2.24, 2.45) is 0 Å². The number of fused-ring (bicyclic) bond motifs is 1. The largest absolute Gasteiger partial charge is 0.507 e. The van der Waals surface area contributed by atoms with Crippen LogP contribution in [0.25, 0.3) is 5.76 Å². The van der Waals surface area contributed by atoms with E-state index >= 15 is 0 Å². The highest BCUT2D eigenvalue weighted by molar-refractivity contribution is 6.46. The number of hydrogen-bond donors (Lipinski definition) is 1. The normalized spacial score (nSPS) is 21.7. The number of ketones is 1. The van der Waals surface area contributed by atoms with E-state index in [9.17, 15) is 14.7 Å². The van der Waals surface area contributed by atoms with Crippen LogP contribution in [0.1, 0.15) is 55.0 Å². The molecule has 0 radical (unpaired) electrons. The molecule has 0 aliphatic carbocycles. The number of amides is 1. The number of nitrogens with zero attached hydrogens (tertiary/aromatic N) is 2. The number of benzene rings is 2. The van der Waals surface area contributed by atoms with Gasteiger partial charge in [0, 0.05) is 25.1 Å². The summed E-state index contributed by atoms with van der Waals surface area (Å²) < 4.78 is 5.77. The maximum atomic E-state index is 13.2. The quantitative estimate of drug-likeness (QED) is 0.409. The Balaban J connectivity index is 1.80. The highest BCUT2D eigenvalue weighted by Gasteiger charge is 2.46. The van der Waals surface area contributed by atoms with Gasteiger partial charge in [-0.2, -0.15) is 0 Å². The highest BCUT2D eigenvalue weighted by atomic mass is 16.5. The number of ether oxygens (including phenoxy) is 1. The molecule has 2 aromatic carbocycles. The Morgan fingerprint density at radius 3 is 2.48 bits per heavy atom. The van der Waals surface area contributed by atoms with Crippen molar-refractivity contribution in [2.75, 3.05) is 27.2 Å². The van der Waals surface area contributed by atoms with Crippen molar-refractivity contribution < 1.29 is 19.4 Å². The molecule has 6 heteroatoms. The zero-order chi connectivity index (χ0) is 23.9. The second kappa shape index (κ2) is 9.02. The summed E-state index contributed by atoms with van der Waals surface area (Å²) in [7, 11) is 3.85. The molecule has 33 heavy (non-hydrogen) atoms. The van der Waals surface area contributed by atoms with E-state index in [1.165, 1.54) is 5.56 Å². The van der Waals surface area contributed by atoms with Crippen molar-refractivity contribution in [1.29, 1.82) is 0 Å². The topological polar surface area (TPSA) is 70.1 Å². The number of hydrogen-bond acceptors (Lipinski definition) is 5. The first-order chi connectivity index (χ1) is 15.7. The molecule has 0 bridgehead atoms. The van der Waals surface area contributed by atoms with Crippen molar-refractivity contribution in [2.45, 2.75) is 45.3 Å². The average molecular weight is 449 g/mol. The van der Waals surface area contributed by atoms with Gasteiger partial charge in [0.25, 0.3) is 11.7 Å². The van der Waals surface area contributed by atoms with Gasteiger partial charge in [-0.05, 0) is 61.8 Å². The third-order valence-electron chi connectivity index (χ3n) is 6.42. The zero-order valence-electron chi connectivity index (χ0n) is 20.0. The van der Waals surface area contributed by atoms with E-state index in [4.69, 9.17) is 4.74 Å². The van der Waals surface area contributed by atoms with Crippen LogP contribution >= 0.6 is 0 Å². The second-order valence-corrected chi connectivity index (χ2v) is 9.57. The second-order valence-electron chi connectivity index (χ2n) is 9.57. The fraction of sp³-hybridized carbons (Fsp3) is 0.407. The summed E-state index contributed by atoms with van der Waals surface area (Å²) in [5.41, 5.74) is 3.66. The van der Waals surface area contributed by atoms with Crippen molar-refractivity contribution in [3.05, 3.63) is 70.3 Å². The van der Waals surface area contributed by atoms with E-state index < -0.39 is 17.7 Å². The minimum atomic E-state index is -0.644. The van der Waals surface area contributed by atoms with Crippen LogP contribution in [0.3, 0.4) is 0 Å². The first kappa shape index (κ1) is 23.1. The molecular formula is C27H32N2O4. The van der Waals surface area contributed by atoms with Gasteiger partial charge < -0.3 is 19.6 Å². The lowest BCUT2D eigenvalue weighted by Gasteiger charge is -2.27. The molecule has 2 unspecified atom stereocenters. The Kier molecular flexibility index (Phi) is 6.30. The van der Waals surface area contributed by atoms with Crippen molar-refractivity contribution in [3.63, 3.8) is 0 Å². The molecule has 4 rings (SSSR count). The molecule has 174 valence electrons. The van der Waals surface area contributed by atoms with E-state index in [-0.39, 0.29) is 17.4 Å². The maximum absolute atomic E-state index is 13.2. The van der Waals surface area contributed by atoms with Crippen LogP contribution < -0.4 is 4.74 Å². The third kappa shape index (κ3) is 4.40. The summed E-state index contributed by atoms with van der Waals surface area (Å²) in [4.78, 5) is 29.8. The smallest absolute Gasteiger partial charge is 0.295 e. The van der Waals surface area contributed by atoms with Gasteiger partial charge in [0.15, 0.2) is 0 Å². The Hall–Kier alpha value is -3.12. The van der Waals surface area contributed by atoms with Crippen LogP contribution in [-0.2, 0) is 16.0 Å². The van der Waals surface area contributed by atoms with E-state index in [0.717, 1.165) is 23.3 Å². The fourth-order valence-corrected chi connectivity index (χ4v) is 4.55. The molecule has 0 aromatic heterocycles. The first-order valence-corrected chi connectivity index (χ1v) is 11.5. The molecule has 2 aliphatic heterocycles. The molecule has 6 nitrogen and oxygen atoms in total. The number of carbonyl (C=O) groups excluding carboxylic acids is 2. The van der Waals surface area contributed by atoms with Gasteiger partial charge in [-0.25, -0.2) is 0 Å². The fourth-order valence-electron chi connectivity index (χ4n) is 4.55. The molecular weight excluding hydrogens is 416 g/mol. The van der Waals surface area contributed by atoms with E-state index in [1.54, 1.807) is 11.0 Å².